The van der Waals surface area contributed by atoms with Gasteiger partial charge >= 0.3 is 6.18 Å². The summed E-state index contributed by atoms with van der Waals surface area (Å²) in [4.78, 5) is 39.7. The van der Waals surface area contributed by atoms with Crippen LogP contribution in [-0.4, -0.2) is 17.7 Å². The zero-order valence-corrected chi connectivity index (χ0v) is 17.0. The summed E-state index contributed by atoms with van der Waals surface area (Å²) in [5.74, 6) is -1.65. The van der Waals surface area contributed by atoms with Gasteiger partial charge in [-0.1, -0.05) is 23.8 Å². The Balaban J connectivity index is 1.35. The number of nitrogens with zero attached hydrogens (tertiary/aromatic N) is 1. The molecule has 1 heterocycles. The third kappa shape index (κ3) is 3.04. The lowest BCUT2D eigenvalue weighted by atomic mass is 9.82. The second kappa shape index (κ2) is 7.05. The quantitative estimate of drug-likeness (QED) is 0.558. The van der Waals surface area contributed by atoms with Gasteiger partial charge in [-0.3, -0.25) is 19.3 Å². The van der Waals surface area contributed by atoms with Gasteiger partial charge in [0.05, 0.1) is 28.8 Å². The van der Waals surface area contributed by atoms with Crippen LogP contribution in [0.5, 0.6) is 0 Å². The van der Waals surface area contributed by atoms with Gasteiger partial charge in [-0.15, -0.1) is 0 Å². The molecule has 4 atom stereocenters. The third-order valence-electron chi connectivity index (χ3n) is 6.75. The molecule has 2 aliphatic carbocycles. The molecule has 0 radical (unpaired) electrons. The maximum Gasteiger partial charge on any atom is 0.418 e. The number of anilines is 2. The van der Waals surface area contributed by atoms with Crippen LogP contribution in [-0.2, 0) is 15.8 Å². The number of allylic oxidation sites excluding steroid dienone is 2. The second-order valence-corrected chi connectivity index (χ2v) is 8.52. The van der Waals surface area contributed by atoms with E-state index in [4.69, 9.17) is 0 Å². The largest absolute Gasteiger partial charge is 0.418 e. The fraction of sp³-hybridized carbons (Fsp3) is 0.292. The summed E-state index contributed by atoms with van der Waals surface area (Å²) in [7, 11) is 0. The van der Waals surface area contributed by atoms with E-state index in [-0.39, 0.29) is 46.7 Å². The summed E-state index contributed by atoms with van der Waals surface area (Å²) in [6, 6.07) is 10.5. The minimum Gasteiger partial charge on any atom is -0.321 e. The molecular weight excluding hydrogens is 421 g/mol. The van der Waals surface area contributed by atoms with Gasteiger partial charge in [0.2, 0.25) is 11.8 Å². The van der Waals surface area contributed by atoms with Crippen LogP contribution in [0.1, 0.15) is 29.3 Å². The number of nitrogens with one attached hydrogen (secondary N) is 1. The molecule has 0 unspecified atom stereocenters. The van der Waals surface area contributed by atoms with Crippen molar-refractivity contribution in [3.63, 3.8) is 0 Å². The van der Waals surface area contributed by atoms with Crippen molar-refractivity contribution in [2.75, 3.05) is 10.2 Å². The Labute approximate surface area is 181 Å². The van der Waals surface area contributed by atoms with Crippen LogP contribution in [0.2, 0.25) is 0 Å². The molecule has 8 heteroatoms. The number of hydrogen-bond donors (Lipinski definition) is 1. The van der Waals surface area contributed by atoms with Crippen molar-refractivity contribution < 1.29 is 27.6 Å². The van der Waals surface area contributed by atoms with Crippen LogP contribution in [0.25, 0.3) is 0 Å². The highest BCUT2D eigenvalue weighted by atomic mass is 19.4. The number of amides is 3. The summed E-state index contributed by atoms with van der Waals surface area (Å²) >= 11 is 0. The summed E-state index contributed by atoms with van der Waals surface area (Å²) in [6.07, 6.45) is -1.67. The van der Waals surface area contributed by atoms with E-state index < -0.39 is 17.6 Å². The van der Waals surface area contributed by atoms with E-state index in [2.05, 4.69) is 11.4 Å². The Morgan fingerprint density at radius 1 is 1.00 bits per heavy atom. The Hall–Kier alpha value is -3.42. The summed E-state index contributed by atoms with van der Waals surface area (Å²) in [5, 5.41) is 2.28. The van der Waals surface area contributed by atoms with Gasteiger partial charge in [-0.2, -0.15) is 13.2 Å². The molecule has 1 aliphatic heterocycles. The Bertz CT molecular complexity index is 1170. The molecule has 0 spiro atoms. The van der Waals surface area contributed by atoms with Gasteiger partial charge in [0.1, 0.15) is 0 Å². The number of carbonyl (C=O) groups is 3. The van der Waals surface area contributed by atoms with E-state index in [0.717, 1.165) is 18.1 Å². The molecule has 1 saturated heterocycles. The molecule has 2 fully saturated rings. The third-order valence-corrected chi connectivity index (χ3v) is 6.75. The van der Waals surface area contributed by atoms with Crippen molar-refractivity contribution in [2.24, 2.45) is 23.7 Å². The van der Waals surface area contributed by atoms with Crippen LogP contribution >= 0.6 is 0 Å². The van der Waals surface area contributed by atoms with Crippen molar-refractivity contribution >= 4 is 29.1 Å². The van der Waals surface area contributed by atoms with Crippen LogP contribution in [0.15, 0.2) is 60.2 Å². The topological polar surface area (TPSA) is 66.5 Å². The molecule has 2 aromatic rings. The molecule has 5 nitrogen and oxygen atoms in total. The lowest BCUT2D eigenvalue weighted by Gasteiger charge is -2.19. The molecule has 5 rings (SSSR count). The molecule has 164 valence electrons. The van der Waals surface area contributed by atoms with Crippen LogP contribution < -0.4 is 10.2 Å². The highest BCUT2D eigenvalue weighted by molar-refractivity contribution is 6.23. The fourth-order valence-electron chi connectivity index (χ4n) is 5.32. The van der Waals surface area contributed by atoms with Crippen molar-refractivity contribution in [2.45, 2.75) is 19.5 Å². The standard InChI is InChI=1S/C24H19F3N2O3/c1-12-10-14-11-16(12)20-19(14)22(31)29(23(20)32)15-8-6-13(7-9-15)21(30)28-18-5-3-2-4-17(18)24(25,26)27/h2-10,14,16,19-20H,11H2,1H3,(H,28,30)/t14-,16+,19+,20-/m0/s1. The zero-order valence-electron chi connectivity index (χ0n) is 17.0. The first-order chi connectivity index (χ1) is 15.2. The smallest absolute Gasteiger partial charge is 0.321 e. The van der Waals surface area contributed by atoms with Crippen molar-refractivity contribution in [1.82, 2.24) is 0 Å². The number of benzene rings is 2. The number of imide groups is 1. The van der Waals surface area contributed by atoms with Gasteiger partial charge in [-0.25, -0.2) is 0 Å². The van der Waals surface area contributed by atoms with Gasteiger partial charge in [0.15, 0.2) is 0 Å². The Morgan fingerprint density at radius 2 is 1.66 bits per heavy atom. The summed E-state index contributed by atoms with van der Waals surface area (Å²) < 4.78 is 39.5. The lowest BCUT2D eigenvalue weighted by Crippen LogP contribution is -2.33. The van der Waals surface area contributed by atoms with E-state index in [1.165, 1.54) is 47.4 Å². The average Bonchev–Trinajstić information content (AvgIpc) is 3.38. The first kappa shape index (κ1) is 20.5. The van der Waals surface area contributed by atoms with Crippen LogP contribution in [0, 0.1) is 23.7 Å². The number of para-hydroxylation sites is 1. The Morgan fingerprint density at radius 3 is 2.34 bits per heavy atom. The SMILES string of the molecule is CC1=C[C@H]2C[C@H]1[C@@H]1C(=O)N(c3ccc(C(=O)Nc4ccccc4C(F)(F)F)cc3)C(=O)[C@@H]12. The van der Waals surface area contributed by atoms with Crippen molar-refractivity contribution in [3.05, 3.63) is 71.3 Å². The molecule has 1 N–H and O–H groups in total. The molecule has 2 aromatic carbocycles. The number of halogens is 3. The predicted octanol–water partition coefficient (Wildman–Crippen LogP) is 4.66. The van der Waals surface area contributed by atoms with Crippen molar-refractivity contribution in [1.29, 1.82) is 0 Å². The maximum absolute atomic E-state index is 13.2. The number of alkyl halides is 3. The minimum atomic E-state index is -4.60. The zero-order chi connectivity index (χ0) is 22.8. The highest BCUT2D eigenvalue weighted by Gasteiger charge is 2.60. The fourth-order valence-corrected chi connectivity index (χ4v) is 5.32. The molecule has 2 bridgehead atoms. The number of hydrogen-bond acceptors (Lipinski definition) is 3. The summed E-state index contributed by atoms with van der Waals surface area (Å²) in [6.45, 7) is 1.99. The predicted molar refractivity (Wildman–Crippen MR) is 111 cm³/mol. The molecular formula is C24H19F3N2O3. The lowest BCUT2D eigenvalue weighted by molar-refractivity contribution is -0.137. The van der Waals surface area contributed by atoms with E-state index in [0.29, 0.717) is 5.69 Å². The summed E-state index contributed by atoms with van der Waals surface area (Å²) in [5.41, 5.74) is 0.347. The molecule has 1 saturated carbocycles. The van der Waals surface area contributed by atoms with Gasteiger partial charge in [-0.05, 0) is 61.6 Å². The van der Waals surface area contributed by atoms with E-state index in [9.17, 15) is 27.6 Å². The first-order valence-corrected chi connectivity index (χ1v) is 10.3. The molecule has 0 aromatic heterocycles. The second-order valence-electron chi connectivity index (χ2n) is 8.52. The monoisotopic (exact) mass is 440 g/mol. The Kier molecular flexibility index (Phi) is 4.51. The van der Waals surface area contributed by atoms with E-state index >= 15 is 0 Å². The molecule has 3 amide bonds. The normalized spacial score (nSPS) is 26.4. The van der Waals surface area contributed by atoms with Gasteiger partial charge < -0.3 is 5.32 Å². The number of rotatable bonds is 3. The minimum absolute atomic E-state index is 0.0881. The van der Waals surface area contributed by atoms with Crippen molar-refractivity contribution in [3.8, 4) is 0 Å². The number of fused-ring (bicyclic) bond motifs is 5. The first-order valence-electron chi connectivity index (χ1n) is 10.3. The van der Waals surface area contributed by atoms with Crippen LogP contribution in [0.3, 0.4) is 0 Å². The number of carbonyl (C=O) groups excluding carboxylic acids is 3. The van der Waals surface area contributed by atoms with Gasteiger partial charge in [0, 0.05) is 5.56 Å². The van der Waals surface area contributed by atoms with Gasteiger partial charge in [0.25, 0.3) is 5.91 Å². The molecule has 3 aliphatic rings. The van der Waals surface area contributed by atoms with E-state index in [1.54, 1.807) is 0 Å². The average molecular weight is 440 g/mol. The van der Waals surface area contributed by atoms with E-state index in [1.807, 2.05) is 6.92 Å². The maximum atomic E-state index is 13.2. The van der Waals surface area contributed by atoms with Crippen LogP contribution in [0.4, 0.5) is 24.5 Å². The molecule has 32 heavy (non-hydrogen) atoms. The highest BCUT2D eigenvalue weighted by Crippen LogP contribution is 2.55.